The summed E-state index contributed by atoms with van der Waals surface area (Å²) >= 11 is 0. The van der Waals surface area contributed by atoms with E-state index in [1.807, 2.05) is 32.0 Å². The van der Waals surface area contributed by atoms with Gasteiger partial charge in [-0.3, -0.25) is 10.2 Å². The third-order valence-electron chi connectivity index (χ3n) is 2.88. The quantitative estimate of drug-likeness (QED) is 0.746. The molecule has 6 heteroatoms. The van der Waals surface area contributed by atoms with E-state index in [2.05, 4.69) is 16.2 Å². The van der Waals surface area contributed by atoms with Crippen molar-refractivity contribution < 1.29 is 14.0 Å². The van der Waals surface area contributed by atoms with Crippen molar-refractivity contribution in [2.45, 2.75) is 13.8 Å². The number of anilines is 1. The molecule has 0 aliphatic rings. The number of amides is 3. The molecular formula is C16H16FN3O2. The molecule has 0 radical (unpaired) electrons. The van der Waals surface area contributed by atoms with Crippen LogP contribution in [0.1, 0.15) is 21.5 Å². The Kier molecular flexibility index (Phi) is 4.73. The highest BCUT2D eigenvalue weighted by atomic mass is 19.1. The van der Waals surface area contributed by atoms with E-state index in [1.165, 1.54) is 24.3 Å². The number of nitrogens with one attached hydrogen (secondary N) is 3. The molecule has 0 aromatic heterocycles. The van der Waals surface area contributed by atoms with Crippen LogP contribution in [-0.4, -0.2) is 11.9 Å². The highest BCUT2D eigenvalue weighted by Gasteiger charge is 2.07. The van der Waals surface area contributed by atoms with Crippen LogP contribution < -0.4 is 16.2 Å². The van der Waals surface area contributed by atoms with Gasteiger partial charge in [0.05, 0.1) is 0 Å². The number of rotatable bonds is 2. The van der Waals surface area contributed by atoms with Crippen LogP contribution in [0.2, 0.25) is 0 Å². The lowest BCUT2D eigenvalue weighted by Gasteiger charge is -2.10. The van der Waals surface area contributed by atoms with E-state index in [1.54, 1.807) is 0 Å². The fraction of sp³-hybridized carbons (Fsp3) is 0.125. The van der Waals surface area contributed by atoms with E-state index in [0.717, 1.165) is 11.1 Å². The van der Waals surface area contributed by atoms with Gasteiger partial charge >= 0.3 is 6.03 Å². The summed E-state index contributed by atoms with van der Waals surface area (Å²) in [5.41, 5.74) is 7.40. The zero-order chi connectivity index (χ0) is 16.1. The fourth-order valence-electron chi connectivity index (χ4n) is 2.00. The number of halogens is 1. The Morgan fingerprint density at radius 2 is 1.50 bits per heavy atom. The standard InChI is InChI=1S/C16H16FN3O2/c1-10-7-11(2)9-14(8-10)18-16(22)20-19-15(21)12-3-5-13(17)6-4-12/h3-9H,1-2H3,(H,19,21)(H2,18,20,22). The average molecular weight is 301 g/mol. The van der Waals surface area contributed by atoms with Gasteiger partial charge in [-0.2, -0.15) is 0 Å². The molecule has 2 rings (SSSR count). The molecule has 22 heavy (non-hydrogen) atoms. The molecule has 0 aliphatic heterocycles. The lowest BCUT2D eigenvalue weighted by Crippen LogP contribution is -2.43. The van der Waals surface area contributed by atoms with Crippen molar-refractivity contribution in [1.29, 1.82) is 0 Å². The number of hydrazine groups is 1. The first-order valence-corrected chi connectivity index (χ1v) is 6.65. The summed E-state index contributed by atoms with van der Waals surface area (Å²) in [7, 11) is 0. The zero-order valence-electron chi connectivity index (χ0n) is 12.2. The lowest BCUT2D eigenvalue weighted by molar-refractivity contribution is 0.0938. The van der Waals surface area contributed by atoms with Crippen LogP contribution in [0.4, 0.5) is 14.9 Å². The molecule has 0 heterocycles. The molecule has 3 amide bonds. The molecule has 0 spiro atoms. The van der Waals surface area contributed by atoms with E-state index >= 15 is 0 Å². The molecule has 2 aromatic rings. The van der Waals surface area contributed by atoms with Crippen LogP contribution in [0.15, 0.2) is 42.5 Å². The summed E-state index contributed by atoms with van der Waals surface area (Å²) < 4.78 is 12.8. The predicted octanol–water partition coefficient (Wildman–Crippen LogP) is 2.91. The Bertz CT molecular complexity index is 679. The minimum absolute atomic E-state index is 0.244. The maximum absolute atomic E-state index is 12.8. The summed E-state index contributed by atoms with van der Waals surface area (Å²) in [4.78, 5) is 23.5. The van der Waals surface area contributed by atoms with Crippen molar-refractivity contribution in [3.8, 4) is 0 Å². The molecule has 0 aliphatic carbocycles. The van der Waals surface area contributed by atoms with Crippen LogP contribution in [0.5, 0.6) is 0 Å². The van der Waals surface area contributed by atoms with Gasteiger partial charge in [0.15, 0.2) is 0 Å². The van der Waals surface area contributed by atoms with E-state index in [0.29, 0.717) is 5.69 Å². The third kappa shape index (κ3) is 4.31. The molecular weight excluding hydrogens is 285 g/mol. The largest absolute Gasteiger partial charge is 0.337 e. The first-order valence-electron chi connectivity index (χ1n) is 6.65. The van der Waals surface area contributed by atoms with Crippen LogP contribution in [0, 0.1) is 19.7 Å². The number of benzene rings is 2. The Morgan fingerprint density at radius 3 is 2.09 bits per heavy atom. The average Bonchev–Trinajstić information content (AvgIpc) is 2.44. The van der Waals surface area contributed by atoms with Crippen molar-refractivity contribution in [3.05, 3.63) is 65.0 Å². The van der Waals surface area contributed by atoms with Gasteiger partial charge < -0.3 is 5.32 Å². The van der Waals surface area contributed by atoms with Gasteiger partial charge in [0.2, 0.25) is 0 Å². The minimum Gasteiger partial charge on any atom is -0.307 e. The Labute approximate surface area is 127 Å². The van der Waals surface area contributed by atoms with Crippen molar-refractivity contribution >= 4 is 17.6 Å². The van der Waals surface area contributed by atoms with Crippen molar-refractivity contribution in [3.63, 3.8) is 0 Å². The first kappa shape index (κ1) is 15.5. The first-order chi connectivity index (χ1) is 10.4. The second-order valence-corrected chi connectivity index (χ2v) is 4.92. The highest BCUT2D eigenvalue weighted by Crippen LogP contribution is 2.13. The summed E-state index contributed by atoms with van der Waals surface area (Å²) in [6, 6.07) is 10.0. The van der Waals surface area contributed by atoms with Gasteiger partial charge in [0, 0.05) is 11.3 Å². The Morgan fingerprint density at radius 1 is 0.909 bits per heavy atom. The van der Waals surface area contributed by atoms with Crippen LogP contribution in [0.25, 0.3) is 0 Å². The molecule has 3 N–H and O–H groups in total. The van der Waals surface area contributed by atoms with Gasteiger partial charge in [-0.1, -0.05) is 6.07 Å². The molecule has 0 saturated carbocycles. The molecule has 5 nitrogen and oxygen atoms in total. The summed E-state index contributed by atoms with van der Waals surface area (Å²) in [5.74, 6) is -0.965. The van der Waals surface area contributed by atoms with E-state index in [-0.39, 0.29) is 5.56 Å². The van der Waals surface area contributed by atoms with Gasteiger partial charge in [-0.15, -0.1) is 0 Å². The van der Waals surface area contributed by atoms with Gasteiger partial charge in [0.25, 0.3) is 5.91 Å². The normalized spacial score (nSPS) is 9.95. The fourth-order valence-corrected chi connectivity index (χ4v) is 2.00. The minimum atomic E-state index is -0.569. The van der Waals surface area contributed by atoms with Crippen LogP contribution in [0.3, 0.4) is 0 Å². The van der Waals surface area contributed by atoms with Crippen molar-refractivity contribution in [1.82, 2.24) is 10.9 Å². The number of carbonyl (C=O) groups excluding carboxylic acids is 2. The highest BCUT2D eigenvalue weighted by molar-refractivity contribution is 5.97. The molecule has 0 bridgehead atoms. The number of urea groups is 1. The van der Waals surface area contributed by atoms with Gasteiger partial charge in [-0.05, 0) is 61.4 Å². The van der Waals surface area contributed by atoms with E-state index in [9.17, 15) is 14.0 Å². The smallest absolute Gasteiger partial charge is 0.307 e. The predicted molar refractivity (Wildman–Crippen MR) is 81.9 cm³/mol. The second-order valence-electron chi connectivity index (χ2n) is 4.92. The summed E-state index contributed by atoms with van der Waals surface area (Å²) in [6.45, 7) is 3.85. The van der Waals surface area contributed by atoms with Crippen molar-refractivity contribution in [2.24, 2.45) is 0 Å². The number of hydrogen-bond acceptors (Lipinski definition) is 2. The van der Waals surface area contributed by atoms with Gasteiger partial charge in [0.1, 0.15) is 5.82 Å². The number of hydrogen-bond donors (Lipinski definition) is 3. The number of aryl methyl sites for hydroxylation is 2. The maximum Gasteiger partial charge on any atom is 0.337 e. The molecule has 0 saturated heterocycles. The van der Waals surface area contributed by atoms with E-state index < -0.39 is 17.8 Å². The molecule has 0 fully saturated rings. The lowest BCUT2D eigenvalue weighted by atomic mass is 10.1. The molecule has 0 atom stereocenters. The molecule has 0 unspecified atom stereocenters. The van der Waals surface area contributed by atoms with Crippen LogP contribution >= 0.6 is 0 Å². The SMILES string of the molecule is Cc1cc(C)cc(NC(=O)NNC(=O)c2ccc(F)cc2)c1. The Hall–Kier alpha value is -2.89. The summed E-state index contributed by atoms with van der Waals surface area (Å²) in [5, 5.41) is 2.61. The van der Waals surface area contributed by atoms with Crippen molar-refractivity contribution in [2.75, 3.05) is 5.32 Å². The van der Waals surface area contributed by atoms with Crippen LogP contribution in [-0.2, 0) is 0 Å². The monoisotopic (exact) mass is 301 g/mol. The van der Waals surface area contributed by atoms with Gasteiger partial charge in [-0.25, -0.2) is 14.6 Å². The summed E-state index contributed by atoms with van der Waals surface area (Å²) in [6.07, 6.45) is 0. The van der Waals surface area contributed by atoms with E-state index in [4.69, 9.17) is 0 Å². The Balaban J connectivity index is 1.89. The second kappa shape index (κ2) is 6.71. The maximum atomic E-state index is 12.8. The third-order valence-corrected chi connectivity index (χ3v) is 2.88. The zero-order valence-corrected chi connectivity index (χ0v) is 12.2. The molecule has 114 valence electrons. The number of carbonyl (C=O) groups is 2. The topological polar surface area (TPSA) is 70.2 Å². The molecule has 2 aromatic carbocycles.